The minimum Gasteiger partial charge on any atom is -0.493 e. The van der Waals surface area contributed by atoms with Crippen LogP contribution in [-0.2, 0) is 11.2 Å². The lowest BCUT2D eigenvalue weighted by Crippen LogP contribution is -2.45. The molecule has 3 rings (SSSR count). The maximum atomic E-state index is 13.1. The van der Waals surface area contributed by atoms with Gasteiger partial charge in [0.15, 0.2) is 17.6 Å². The molecule has 150 valence electrons. The van der Waals surface area contributed by atoms with Crippen LogP contribution in [0.1, 0.15) is 31.0 Å². The molecule has 0 aliphatic carbocycles. The fourth-order valence-electron chi connectivity index (χ4n) is 3.49. The minimum absolute atomic E-state index is 0.0982. The van der Waals surface area contributed by atoms with Gasteiger partial charge in [0.05, 0.1) is 25.3 Å². The fraction of sp³-hybridized carbons (Fsp3) is 0.381. The van der Waals surface area contributed by atoms with E-state index in [2.05, 4.69) is 0 Å². The van der Waals surface area contributed by atoms with Crippen LogP contribution in [0.15, 0.2) is 30.3 Å². The standard InChI is InChI=1S/C21H23Cl2NO4/c1-12-16-11-20(27-4)19(26-3)9-14(16)7-8-24(12)21(25)13(2)28-18-6-5-15(22)10-17(18)23/h5-6,9-13H,7-8H2,1-4H3/t12-,13+/m1/s1. The van der Waals surface area contributed by atoms with Crippen molar-refractivity contribution in [3.63, 3.8) is 0 Å². The van der Waals surface area contributed by atoms with Crippen molar-refractivity contribution in [3.05, 3.63) is 51.5 Å². The molecule has 2 atom stereocenters. The summed E-state index contributed by atoms with van der Waals surface area (Å²) >= 11 is 12.1. The lowest BCUT2D eigenvalue weighted by molar-refractivity contribution is -0.140. The second kappa shape index (κ2) is 8.50. The zero-order chi connectivity index (χ0) is 20.4. The number of hydrogen-bond acceptors (Lipinski definition) is 4. The Morgan fingerprint density at radius 2 is 1.79 bits per heavy atom. The highest BCUT2D eigenvalue weighted by Crippen LogP contribution is 2.38. The lowest BCUT2D eigenvalue weighted by atomic mass is 9.92. The number of hydrogen-bond donors (Lipinski definition) is 0. The van der Waals surface area contributed by atoms with E-state index in [9.17, 15) is 4.79 Å². The van der Waals surface area contributed by atoms with Crippen LogP contribution in [0.4, 0.5) is 0 Å². The van der Waals surface area contributed by atoms with Crippen LogP contribution in [0.2, 0.25) is 10.0 Å². The molecule has 7 heteroatoms. The summed E-state index contributed by atoms with van der Waals surface area (Å²) in [4.78, 5) is 14.9. The minimum atomic E-state index is -0.678. The van der Waals surface area contributed by atoms with Crippen LogP contribution in [0.5, 0.6) is 17.2 Å². The molecule has 28 heavy (non-hydrogen) atoms. The Bertz CT molecular complexity index is 887. The van der Waals surface area contributed by atoms with Gasteiger partial charge in [-0.3, -0.25) is 4.79 Å². The van der Waals surface area contributed by atoms with Crippen molar-refractivity contribution in [1.29, 1.82) is 0 Å². The summed E-state index contributed by atoms with van der Waals surface area (Å²) in [5.74, 6) is 1.68. The predicted molar refractivity (Wildman–Crippen MR) is 110 cm³/mol. The summed E-state index contributed by atoms with van der Waals surface area (Å²) in [7, 11) is 3.22. The van der Waals surface area contributed by atoms with Crippen molar-refractivity contribution < 1.29 is 19.0 Å². The van der Waals surface area contributed by atoms with Crippen LogP contribution in [0.25, 0.3) is 0 Å². The van der Waals surface area contributed by atoms with Crippen molar-refractivity contribution in [3.8, 4) is 17.2 Å². The van der Waals surface area contributed by atoms with Gasteiger partial charge in [-0.25, -0.2) is 0 Å². The van der Waals surface area contributed by atoms with Crippen molar-refractivity contribution >= 4 is 29.1 Å². The molecule has 1 heterocycles. The van der Waals surface area contributed by atoms with Crippen molar-refractivity contribution in [2.45, 2.75) is 32.4 Å². The Labute approximate surface area is 175 Å². The summed E-state index contributed by atoms with van der Waals surface area (Å²) in [5, 5.41) is 0.892. The Balaban J connectivity index is 1.79. The van der Waals surface area contributed by atoms with Gasteiger partial charge in [-0.2, -0.15) is 0 Å². The largest absolute Gasteiger partial charge is 0.493 e. The number of benzene rings is 2. The zero-order valence-corrected chi connectivity index (χ0v) is 17.8. The SMILES string of the molecule is COc1cc2c(cc1OC)[C@@H](C)N(C(=O)[C@H](C)Oc1ccc(Cl)cc1Cl)CC2. The lowest BCUT2D eigenvalue weighted by Gasteiger charge is -2.37. The van der Waals surface area contributed by atoms with E-state index >= 15 is 0 Å². The number of rotatable bonds is 5. The molecule has 1 amide bonds. The third-order valence-corrected chi connectivity index (χ3v) is 5.54. The van der Waals surface area contributed by atoms with Gasteiger partial charge in [-0.05, 0) is 61.7 Å². The van der Waals surface area contributed by atoms with Crippen molar-refractivity contribution in [1.82, 2.24) is 4.90 Å². The fourth-order valence-corrected chi connectivity index (χ4v) is 3.94. The molecule has 0 bridgehead atoms. The number of nitrogens with zero attached hydrogens (tertiary/aromatic N) is 1. The molecule has 1 aliphatic heterocycles. The molecule has 0 aromatic heterocycles. The van der Waals surface area contributed by atoms with Crippen molar-refractivity contribution in [2.24, 2.45) is 0 Å². The average Bonchev–Trinajstić information content (AvgIpc) is 2.69. The van der Waals surface area contributed by atoms with Crippen LogP contribution < -0.4 is 14.2 Å². The van der Waals surface area contributed by atoms with E-state index in [4.69, 9.17) is 37.4 Å². The van der Waals surface area contributed by atoms with Crippen LogP contribution in [0.3, 0.4) is 0 Å². The first kappa shape index (κ1) is 20.6. The monoisotopic (exact) mass is 423 g/mol. The number of carbonyl (C=O) groups excluding carboxylic acids is 1. The number of fused-ring (bicyclic) bond motifs is 1. The Morgan fingerprint density at radius 1 is 1.11 bits per heavy atom. The van der Waals surface area contributed by atoms with E-state index in [1.54, 1.807) is 39.3 Å². The number of carbonyl (C=O) groups is 1. The maximum Gasteiger partial charge on any atom is 0.263 e. The van der Waals surface area contributed by atoms with Gasteiger partial charge in [-0.1, -0.05) is 23.2 Å². The molecule has 0 unspecified atom stereocenters. The number of amides is 1. The first-order chi connectivity index (χ1) is 13.3. The summed E-state index contributed by atoms with van der Waals surface area (Å²) in [6.45, 7) is 4.33. The second-order valence-corrected chi connectivity index (χ2v) is 7.54. The molecule has 0 saturated carbocycles. The molecule has 0 spiro atoms. The van der Waals surface area contributed by atoms with Gasteiger partial charge in [0.25, 0.3) is 5.91 Å². The van der Waals surface area contributed by atoms with E-state index < -0.39 is 6.10 Å². The predicted octanol–water partition coefficient (Wildman–Crippen LogP) is 4.92. The van der Waals surface area contributed by atoms with Crippen molar-refractivity contribution in [2.75, 3.05) is 20.8 Å². The average molecular weight is 424 g/mol. The molecule has 0 saturated heterocycles. The summed E-state index contributed by atoms with van der Waals surface area (Å²) < 4.78 is 16.6. The normalized spacial score (nSPS) is 16.9. The first-order valence-corrected chi connectivity index (χ1v) is 9.78. The van der Waals surface area contributed by atoms with Gasteiger partial charge in [0.2, 0.25) is 0 Å². The van der Waals surface area contributed by atoms with Crippen LogP contribution >= 0.6 is 23.2 Å². The van der Waals surface area contributed by atoms with Gasteiger partial charge < -0.3 is 19.1 Å². The Kier molecular flexibility index (Phi) is 6.26. The highest BCUT2D eigenvalue weighted by molar-refractivity contribution is 6.35. The molecule has 2 aromatic carbocycles. The first-order valence-electron chi connectivity index (χ1n) is 9.02. The zero-order valence-electron chi connectivity index (χ0n) is 16.3. The molecule has 0 radical (unpaired) electrons. The molecule has 1 aliphatic rings. The third kappa shape index (κ3) is 4.01. The van der Waals surface area contributed by atoms with Gasteiger partial charge in [0, 0.05) is 11.6 Å². The summed E-state index contributed by atoms with van der Waals surface area (Å²) in [6.07, 6.45) is 0.0584. The highest BCUT2D eigenvalue weighted by atomic mass is 35.5. The molecule has 2 aromatic rings. The molecule has 0 fully saturated rings. The van der Waals surface area contributed by atoms with Gasteiger partial charge >= 0.3 is 0 Å². The van der Waals surface area contributed by atoms with E-state index in [1.165, 1.54) is 0 Å². The molecular weight excluding hydrogens is 401 g/mol. The van der Waals surface area contributed by atoms with Gasteiger partial charge in [0.1, 0.15) is 5.75 Å². The third-order valence-electron chi connectivity index (χ3n) is 5.01. The number of halogens is 2. The second-order valence-electron chi connectivity index (χ2n) is 6.70. The van der Waals surface area contributed by atoms with E-state index in [0.717, 1.165) is 17.5 Å². The summed E-state index contributed by atoms with van der Waals surface area (Å²) in [6, 6.07) is 8.76. The van der Waals surface area contributed by atoms with Crippen LogP contribution in [0, 0.1) is 0 Å². The smallest absolute Gasteiger partial charge is 0.263 e. The van der Waals surface area contributed by atoms with Gasteiger partial charge in [-0.15, -0.1) is 0 Å². The maximum absolute atomic E-state index is 13.1. The number of ether oxygens (including phenoxy) is 3. The Hall–Kier alpha value is -2.11. The van der Waals surface area contributed by atoms with Crippen LogP contribution in [-0.4, -0.2) is 37.7 Å². The Morgan fingerprint density at radius 3 is 2.43 bits per heavy atom. The molecular formula is C21H23Cl2NO4. The van der Waals surface area contributed by atoms with E-state index in [1.807, 2.05) is 24.0 Å². The molecule has 0 N–H and O–H groups in total. The summed E-state index contributed by atoms with van der Waals surface area (Å²) in [5.41, 5.74) is 2.21. The van der Waals surface area contributed by atoms with E-state index in [0.29, 0.717) is 33.8 Å². The topological polar surface area (TPSA) is 48.0 Å². The molecule has 5 nitrogen and oxygen atoms in total. The quantitative estimate of drug-likeness (QED) is 0.684. The highest BCUT2D eigenvalue weighted by Gasteiger charge is 2.32. The van der Waals surface area contributed by atoms with E-state index in [-0.39, 0.29) is 11.9 Å². The number of methoxy groups -OCH3 is 2.